The molecule has 0 amide bonds. The van der Waals surface area contributed by atoms with E-state index in [0.29, 0.717) is 5.56 Å². The zero-order valence-electron chi connectivity index (χ0n) is 12.2. The average Bonchev–Trinajstić information content (AvgIpc) is 2.41. The maximum Gasteiger partial charge on any atom is 0.133 e. The van der Waals surface area contributed by atoms with E-state index in [1.165, 1.54) is 18.9 Å². The van der Waals surface area contributed by atoms with E-state index < -0.39 is 0 Å². The average molecular weight is 294 g/mol. The molecule has 1 aromatic rings. The molecule has 0 aromatic heterocycles. The van der Waals surface area contributed by atoms with Crippen LogP contribution < -0.4 is 5.73 Å². The monoisotopic (exact) mass is 294 g/mol. The van der Waals surface area contributed by atoms with E-state index in [4.69, 9.17) is 18.0 Å². The van der Waals surface area contributed by atoms with Crippen molar-refractivity contribution in [2.75, 3.05) is 13.1 Å². The fourth-order valence-electron chi connectivity index (χ4n) is 2.90. The van der Waals surface area contributed by atoms with E-state index >= 15 is 0 Å². The van der Waals surface area contributed by atoms with Gasteiger partial charge in [-0.3, -0.25) is 4.90 Å². The molecule has 1 aliphatic heterocycles. The summed E-state index contributed by atoms with van der Waals surface area (Å²) in [5.74, 6) is 1.27. The first-order valence-electron chi connectivity index (χ1n) is 7.28. The number of likely N-dealkylation sites (tertiary alicyclic amines) is 1. The molecule has 0 spiro atoms. The quantitative estimate of drug-likeness (QED) is 0.864. The van der Waals surface area contributed by atoms with E-state index in [1.54, 1.807) is 6.07 Å². The fraction of sp³-hybridized carbons (Fsp3) is 0.562. The highest BCUT2D eigenvalue weighted by molar-refractivity contribution is 7.80. The molecular formula is C16H23FN2S. The molecule has 4 heteroatoms. The maximum atomic E-state index is 13.6. The first-order chi connectivity index (χ1) is 9.47. The largest absolute Gasteiger partial charge is 0.389 e. The number of thiocarbonyl (C=S) groups is 1. The van der Waals surface area contributed by atoms with E-state index in [0.717, 1.165) is 37.0 Å². The molecule has 0 atom stereocenters. The van der Waals surface area contributed by atoms with Crippen LogP contribution in [-0.2, 0) is 6.54 Å². The van der Waals surface area contributed by atoms with Crippen molar-refractivity contribution in [1.29, 1.82) is 0 Å². The van der Waals surface area contributed by atoms with Gasteiger partial charge >= 0.3 is 0 Å². The highest BCUT2D eigenvalue weighted by Crippen LogP contribution is 2.25. The molecule has 0 aliphatic carbocycles. The number of rotatable bonds is 4. The Labute approximate surface area is 126 Å². The third kappa shape index (κ3) is 3.76. The second kappa shape index (κ2) is 6.64. The molecule has 0 bridgehead atoms. The van der Waals surface area contributed by atoms with Crippen LogP contribution in [0.3, 0.4) is 0 Å². The highest BCUT2D eigenvalue weighted by Gasteiger charge is 2.21. The van der Waals surface area contributed by atoms with Crippen molar-refractivity contribution in [3.63, 3.8) is 0 Å². The lowest BCUT2D eigenvalue weighted by atomic mass is 9.86. The van der Waals surface area contributed by atoms with Crippen LogP contribution in [0.15, 0.2) is 18.2 Å². The van der Waals surface area contributed by atoms with E-state index in [9.17, 15) is 4.39 Å². The molecule has 2 rings (SSSR count). The summed E-state index contributed by atoms with van der Waals surface area (Å²) in [6.07, 6.45) is 2.50. The molecule has 1 aliphatic rings. The van der Waals surface area contributed by atoms with Gasteiger partial charge in [-0.05, 0) is 55.5 Å². The van der Waals surface area contributed by atoms with Crippen LogP contribution in [0.1, 0.15) is 37.8 Å². The number of hydrogen-bond donors (Lipinski definition) is 1. The Morgan fingerprint density at radius 1 is 1.40 bits per heavy atom. The summed E-state index contributed by atoms with van der Waals surface area (Å²) in [4.78, 5) is 2.55. The van der Waals surface area contributed by atoms with Gasteiger partial charge in [0.25, 0.3) is 0 Å². The predicted molar refractivity (Wildman–Crippen MR) is 85.1 cm³/mol. The lowest BCUT2D eigenvalue weighted by molar-refractivity contribution is 0.152. The van der Waals surface area contributed by atoms with Gasteiger partial charge in [0.15, 0.2) is 0 Å². The summed E-state index contributed by atoms with van der Waals surface area (Å²) in [5.41, 5.74) is 6.98. The molecule has 2 nitrogen and oxygen atoms in total. The van der Waals surface area contributed by atoms with Crippen LogP contribution in [-0.4, -0.2) is 23.0 Å². The summed E-state index contributed by atoms with van der Waals surface area (Å²) < 4.78 is 13.6. The molecule has 0 saturated carbocycles. The standard InChI is InChI=1S/C16H23FN2S/c1-11(2)13-5-7-19(8-6-13)10-12-3-4-15(17)14(9-12)16(18)20/h3-4,9,11,13H,5-8,10H2,1-2H3,(H2,18,20). The maximum absolute atomic E-state index is 13.6. The molecule has 20 heavy (non-hydrogen) atoms. The van der Waals surface area contributed by atoms with Gasteiger partial charge in [0.2, 0.25) is 0 Å². The molecule has 1 saturated heterocycles. The summed E-state index contributed by atoms with van der Waals surface area (Å²) >= 11 is 4.88. The number of benzene rings is 1. The van der Waals surface area contributed by atoms with Crippen molar-refractivity contribution in [3.05, 3.63) is 35.1 Å². The molecule has 0 unspecified atom stereocenters. The minimum atomic E-state index is -0.334. The highest BCUT2D eigenvalue weighted by atomic mass is 32.1. The van der Waals surface area contributed by atoms with Gasteiger partial charge in [0.05, 0.1) is 0 Å². The Kier molecular flexibility index (Phi) is 5.11. The van der Waals surface area contributed by atoms with Gasteiger partial charge in [-0.2, -0.15) is 0 Å². The Morgan fingerprint density at radius 3 is 2.60 bits per heavy atom. The molecule has 2 N–H and O–H groups in total. The minimum absolute atomic E-state index is 0.128. The lowest BCUT2D eigenvalue weighted by Gasteiger charge is -2.33. The van der Waals surface area contributed by atoms with Crippen LogP contribution in [0.5, 0.6) is 0 Å². The number of nitrogens with zero attached hydrogens (tertiary/aromatic N) is 1. The van der Waals surface area contributed by atoms with Gasteiger partial charge in [-0.15, -0.1) is 0 Å². The first kappa shape index (κ1) is 15.4. The van der Waals surface area contributed by atoms with Crippen LogP contribution in [0, 0.1) is 17.7 Å². The Balaban J connectivity index is 1.98. The third-order valence-electron chi connectivity index (χ3n) is 4.28. The number of piperidine rings is 1. The van der Waals surface area contributed by atoms with E-state index in [1.807, 2.05) is 6.07 Å². The second-order valence-corrected chi connectivity index (χ2v) is 6.48. The molecule has 1 heterocycles. The van der Waals surface area contributed by atoms with Crippen molar-refractivity contribution in [2.45, 2.75) is 33.2 Å². The Hall–Kier alpha value is -1.00. The van der Waals surface area contributed by atoms with Crippen LogP contribution >= 0.6 is 12.2 Å². The van der Waals surface area contributed by atoms with Crippen molar-refractivity contribution in [2.24, 2.45) is 17.6 Å². The Bertz CT molecular complexity index is 479. The molecule has 110 valence electrons. The lowest BCUT2D eigenvalue weighted by Crippen LogP contribution is -2.34. The minimum Gasteiger partial charge on any atom is -0.389 e. The van der Waals surface area contributed by atoms with Gasteiger partial charge in [0, 0.05) is 12.1 Å². The first-order valence-corrected chi connectivity index (χ1v) is 7.68. The van der Waals surface area contributed by atoms with Gasteiger partial charge in [0.1, 0.15) is 10.8 Å². The Morgan fingerprint density at radius 2 is 2.05 bits per heavy atom. The number of nitrogens with two attached hydrogens (primary N) is 1. The van der Waals surface area contributed by atoms with Crippen LogP contribution in [0.25, 0.3) is 0 Å². The van der Waals surface area contributed by atoms with Crippen molar-refractivity contribution < 1.29 is 4.39 Å². The van der Waals surface area contributed by atoms with E-state index in [-0.39, 0.29) is 10.8 Å². The van der Waals surface area contributed by atoms with Crippen molar-refractivity contribution >= 4 is 17.2 Å². The van der Waals surface area contributed by atoms with Gasteiger partial charge in [-0.1, -0.05) is 32.1 Å². The fourth-order valence-corrected chi connectivity index (χ4v) is 3.05. The van der Waals surface area contributed by atoms with Crippen molar-refractivity contribution in [1.82, 2.24) is 4.90 Å². The topological polar surface area (TPSA) is 29.3 Å². The molecule has 1 aromatic carbocycles. The second-order valence-electron chi connectivity index (χ2n) is 6.04. The number of halogens is 1. The van der Waals surface area contributed by atoms with E-state index in [2.05, 4.69) is 18.7 Å². The molecule has 0 radical (unpaired) electrons. The summed E-state index contributed by atoms with van der Waals surface area (Å²) in [5, 5.41) is 0. The summed E-state index contributed by atoms with van der Waals surface area (Å²) in [6, 6.07) is 5.07. The van der Waals surface area contributed by atoms with Gasteiger partial charge in [-0.25, -0.2) is 4.39 Å². The normalized spacial score (nSPS) is 17.6. The van der Waals surface area contributed by atoms with Crippen LogP contribution in [0.4, 0.5) is 4.39 Å². The SMILES string of the molecule is CC(C)C1CCN(Cc2ccc(F)c(C(N)=S)c2)CC1. The predicted octanol–water partition coefficient (Wildman–Crippen LogP) is 3.33. The zero-order chi connectivity index (χ0) is 14.7. The smallest absolute Gasteiger partial charge is 0.133 e. The summed E-state index contributed by atoms with van der Waals surface area (Å²) in [6.45, 7) is 7.68. The molecule has 1 fully saturated rings. The summed E-state index contributed by atoms with van der Waals surface area (Å²) in [7, 11) is 0. The zero-order valence-corrected chi connectivity index (χ0v) is 13.0. The molecular weight excluding hydrogens is 271 g/mol. The van der Waals surface area contributed by atoms with Crippen molar-refractivity contribution in [3.8, 4) is 0 Å². The van der Waals surface area contributed by atoms with Crippen LogP contribution in [0.2, 0.25) is 0 Å². The number of hydrogen-bond acceptors (Lipinski definition) is 2. The van der Waals surface area contributed by atoms with Gasteiger partial charge < -0.3 is 5.73 Å². The third-order valence-corrected chi connectivity index (χ3v) is 4.50.